The lowest BCUT2D eigenvalue weighted by molar-refractivity contribution is 0.103. The molecule has 0 spiro atoms. The fourth-order valence-corrected chi connectivity index (χ4v) is 2.56. The second kappa shape index (κ2) is 5.50. The van der Waals surface area contributed by atoms with Crippen molar-refractivity contribution in [3.8, 4) is 17.2 Å². The first-order valence-electron chi connectivity index (χ1n) is 7.04. The zero-order valence-corrected chi connectivity index (χ0v) is 12.9. The Morgan fingerprint density at radius 3 is 2.92 bits per heavy atom. The van der Waals surface area contributed by atoms with Crippen molar-refractivity contribution in [1.29, 1.82) is 0 Å². The van der Waals surface area contributed by atoms with E-state index in [9.17, 15) is 9.90 Å². The molecule has 1 aromatic carbocycles. The molecule has 118 valence electrons. The first-order valence-corrected chi connectivity index (χ1v) is 7.42. The van der Waals surface area contributed by atoms with Crippen molar-refractivity contribution in [3.63, 3.8) is 0 Å². The molecule has 0 amide bonds. The molecule has 4 aromatic rings. The number of phenols is 1. The standard InChI is InChI=1S/C17H10ClN3O3/c18-11-3-4-14(22)12(6-11)17(23)10-8-19-16-7-13(20-21(16)9-10)15-2-1-5-24-15/h1-9,22H. The number of rotatable bonds is 3. The molecular formula is C17H10ClN3O3. The van der Waals surface area contributed by atoms with Crippen molar-refractivity contribution in [3.05, 3.63) is 71.2 Å². The van der Waals surface area contributed by atoms with Crippen LogP contribution in [0.5, 0.6) is 5.75 Å². The van der Waals surface area contributed by atoms with E-state index < -0.39 is 0 Å². The molecule has 0 unspecified atom stereocenters. The molecule has 0 aliphatic carbocycles. The number of benzene rings is 1. The maximum Gasteiger partial charge on any atom is 0.199 e. The predicted molar refractivity (Wildman–Crippen MR) is 87.2 cm³/mol. The van der Waals surface area contributed by atoms with E-state index in [-0.39, 0.29) is 22.7 Å². The van der Waals surface area contributed by atoms with Crippen LogP contribution in [0, 0.1) is 0 Å². The summed E-state index contributed by atoms with van der Waals surface area (Å²) in [6.07, 6.45) is 4.55. The fraction of sp³-hybridized carbons (Fsp3) is 0. The Kier molecular flexibility index (Phi) is 3.32. The van der Waals surface area contributed by atoms with Gasteiger partial charge >= 0.3 is 0 Å². The Labute approximate surface area is 140 Å². The number of nitrogens with zero attached hydrogens (tertiary/aromatic N) is 3. The second-order valence-corrected chi connectivity index (χ2v) is 5.58. The number of carbonyl (C=O) groups is 1. The Morgan fingerprint density at radius 1 is 1.25 bits per heavy atom. The van der Waals surface area contributed by atoms with Gasteiger partial charge in [-0.05, 0) is 30.3 Å². The van der Waals surface area contributed by atoms with Gasteiger partial charge in [0.05, 0.1) is 17.4 Å². The largest absolute Gasteiger partial charge is 0.507 e. The van der Waals surface area contributed by atoms with E-state index in [0.717, 1.165) is 0 Å². The number of fused-ring (bicyclic) bond motifs is 1. The van der Waals surface area contributed by atoms with Gasteiger partial charge in [0, 0.05) is 23.5 Å². The lowest BCUT2D eigenvalue weighted by atomic mass is 10.1. The van der Waals surface area contributed by atoms with E-state index in [4.69, 9.17) is 16.0 Å². The maximum atomic E-state index is 12.6. The number of hydrogen-bond donors (Lipinski definition) is 1. The summed E-state index contributed by atoms with van der Waals surface area (Å²) >= 11 is 5.90. The third-order valence-corrected chi connectivity index (χ3v) is 3.79. The SMILES string of the molecule is O=C(c1cnc2cc(-c3ccco3)nn2c1)c1cc(Cl)ccc1O. The molecule has 0 radical (unpaired) electrons. The molecule has 0 atom stereocenters. The molecule has 0 bridgehead atoms. The van der Waals surface area contributed by atoms with Gasteiger partial charge in [0.25, 0.3) is 0 Å². The van der Waals surface area contributed by atoms with Crippen molar-refractivity contribution >= 4 is 23.0 Å². The molecule has 3 heterocycles. The summed E-state index contributed by atoms with van der Waals surface area (Å²) in [6, 6.07) is 9.62. The Hall–Kier alpha value is -3.12. The van der Waals surface area contributed by atoms with Crippen LogP contribution < -0.4 is 0 Å². The highest BCUT2D eigenvalue weighted by Crippen LogP contribution is 2.25. The molecule has 6 nitrogen and oxygen atoms in total. The van der Waals surface area contributed by atoms with Gasteiger partial charge in [0.1, 0.15) is 11.4 Å². The van der Waals surface area contributed by atoms with E-state index in [1.54, 1.807) is 30.7 Å². The summed E-state index contributed by atoms with van der Waals surface area (Å²) < 4.78 is 6.80. The van der Waals surface area contributed by atoms with Crippen molar-refractivity contribution < 1.29 is 14.3 Å². The average Bonchev–Trinajstić information content (AvgIpc) is 3.24. The normalized spacial score (nSPS) is 11.0. The predicted octanol–water partition coefficient (Wildman–Crippen LogP) is 3.58. The van der Waals surface area contributed by atoms with Crippen LogP contribution in [0.15, 0.2) is 59.5 Å². The van der Waals surface area contributed by atoms with Crippen LogP contribution in [0.25, 0.3) is 17.1 Å². The maximum absolute atomic E-state index is 12.6. The topological polar surface area (TPSA) is 80.6 Å². The van der Waals surface area contributed by atoms with Gasteiger partial charge in [0.15, 0.2) is 17.2 Å². The average molecular weight is 340 g/mol. The summed E-state index contributed by atoms with van der Waals surface area (Å²) in [5.74, 6) is 0.0848. The minimum atomic E-state index is -0.389. The molecule has 0 fully saturated rings. The highest BCUT2D eigenvalue weighted by atomic mass is 35.5. The van der Waals surface area contributed by atoms with E-state index in [0.29, 0.717) is 22.1 Å². The number of hydrogen-bond acceptors (Lipinski definition) is 5. The van der Waals surface area contributed by atoms with Crippen LogP contribution in [0.2, 0.25) is 5.02 Å². The highest BCUT2D eigenvalue weighted by molar-refractivity contribution is 6.31. The van der Waals surface area contributed by atoms with Crippen LogP contribution >= 0.6 is 11.6 Å². The molecule has 4 rings (SSSR count). The summed E-state index contributed by atoms with van der Waals surface area (Å²) in [5, 5.41) is 14.6. The third kappa shape index (κ3) is 2.43. The third-order valence-electron chi connectivity index (χ3n) is 3.55. The van der Waals surface area contributed by atoms with Gasteiger partial charge in [-0.2, -0.15) is 5.10 Å². The van der Waals surface area contributed by atoms with Crippen LogP contribution in [-0.4, -0.2) is 25.5 Å². The molecule has 0 saturated heterocycles. The van der Waals surface area contributed by atoms with E-state index in [1.807, 2.05) is 0 Å². The van der Waals surface area contributed by atoms with Crippen LogP contribution in [0.4, 0.5) is 0 Å². The summed E-state index contributed by atoms with van der Waals surface area (Å²) in [7, 11) is 0. The molecule has 0 aliphatic heterocycles. The van der Waals surface area contributed by atoms with Gasteiger partial charge in [-0.3, -0.25) is 4.79 Å². The van der Waals surface area contributed by atoms with Crippen LogP contribution in [-0.2, 0) is 0 Å². The quantitative estimate of drug-likeness (QED) is 0.577. The van der Waals surface area contributed by atoms with Crippen molar-refractivity contribution in [2.24, 2.45) is 0 Å². The van der Waals surface area contributed by atoms with Crippen molar-refractivity contribution in [2.75, 3.05) is 0 Å². The zero-order chi connectivity index (χ0) is 16.7. The first kappa shape index (κ1) is 14.5. The molecule has 0 aliphatic rings. The monoisotopic (exact) mass is 339 g/mol. The van der Waals surface area contributed by atoms with E-state index >= 15 is 0 Å². The molecule has 1 N–H and O–H groups in total. The van der Waals surface area contributed by atoms with Gasteiger partial charge in [-0.1, -0.05) is 11.6 Å². The number of ketones is 1. The summed E-state index contributed by atoms with van der Waals surface area (Å²) in [5.41, 5.74) is 1.59. The van der Waals surface area contributed by atoms with Gasteiger partial charge in [-0.15, -0.1) is 0 Å². The molecular weight excluding hydrogens is 330 g/mol. The number of aromatic nitrogens is 3. The molecule has 3 aromatic heterocycles. The Bertz CT molecular complexity index is 1050. The number of phenolic OH excluding ortho intramolecular Hbond substituents is 1. The first-order chi connectivity index (χ1) is 11.6. The van der Waals surface area contributed by atoms with Crippen LogP contribution in [0.3, 0.4) is 0 Å². The lowest BCUT2D eigenvalue weighted by Gasteiger charge is -2.04. The number of aromatic hydroxyl groups is 1. The van der Waals surface area contributed by atoms with E-state index in [1.165, 1.54) is 28.9 Å². The van der Waals surface area contributed by atoms with Gasteiger partial charge in [-0.25, -0.2) is 9.50 Å². The summed E-state index contributed by atoms with van der Waals surface area (Å²) in [4.78, 5) is 16.8. The minimum absolute atomic E-state index is 0.113. The zero-order valence-electron chi connectivity index (χ0n) is 12.2. The lowest BCUT2D eigenvalue weighted by Crippen LogP contribution is -2.05. The second-order valence-electron chi connectivity index (χ2n) is 5.14. The van der Waals surface area contributed by atoms with E-state index in [2.05, 4.69) is 10.1 Å². The molecule has 7 heteroatoms. The Balaban J connectivity index is 1.77. The molecule has 24 heavy (non-hydrogen) atoms. The smallest absolute Gasteiger partial charge is 0.199 e. The number of carbonyl (C=O) groups excluding carboxylic acids is 1. The minimum Gasteiger partial charge on any atom is -0.507 e. The van der Waals surface area contributed by atoms with Crippen LogP contribution in [0.1, 0.15) is 15.9 Å². The Morgan fingerprint density at radius 2 is 2.12 bits per heavy atom. The van der Waals surface area contributed by atoms with Crippen molar-refractivity contribution in [1.82, 2.24) is 14.6 Å². The molecule has 0 saturated carbocycles. The van der Waals surface area contributed by atoms with Gasteiger partial charge in [0.2, 0.25) is 0 Å². The summed E-state index contributed by atoms with van der Waals surface area (Å²) in [6.45, 7) is 0. The highest BCUT2D eigenvalue weighted by Gasteiger charge is 2.16. The fourth-order valence-electron chi connectivity index (χ4n) is 2.38. The van der Waals surface area contributed by atoms with Crippen molar-refractivity contribution in [2.45, 2.75) is 0 Å². The van der Waals surface area contributed by atoms with Gasteiger partial charge < -0.3 is 9.52 Å². The number of furan rings is 1. The number of halogens is 1.